The van der Waals surface area contributed by atoms with Crippen LogP contribution in [0.25, 0.3) is 0 Å². The van der Waals surface area contributed by atoms with Crippen LogP contribution in [0.15, 0.2) is 47.1 Å². The lowest BCUT2D eigenvalue weighted by atomic mass is 10.1. The minimum absolute atomic E-state index is 0.0283. The maximum Gasteiger partial charge on any atom is 0.200 e. The molecule has 3 nitrogen and oxygen atoms in total. The van der Waals surface area contributed by atoms with E-state index < -0.39 is 0 Å². The van der Waals surface area contributed by atoms with Crippen LogP contribution in [0.1, 0.15) is 16.1 Å². The second kappa shape index (κ2) is 5.50. The second-order valence-electron chi connectivity index (χ2n) is 3.74. The van der Waals surface area contributed by atoms with Crippen molar-refractivity contribution in [1.29, 1.82) is 0 Å². The summed E-state index contributed by atoms with van der Waals surface area (Å²) < 4.78 is 1.46. The molecular weight excluding hydrogens is 318 g/mol. The molecule has 0 saturated heterocycles. The molecule has 92 valence electrons. The number of hydrogen-bond acceptors (Lipinski definition) is 2. The molecule has 18 heavy (non-hydrogen) atoms. The van der Waals surface area contributed by atoms with Crippen LogP contribution >= 0.6 is 27.5 Å². The number of benzene rings is 1. The highest BCUT2D eigenvalue weighted by Gasteiger charge is 2.15. The van der Waals surface area contributed by atoms with E-state index in [0.717, 1.165) is 4.47 Å². The van der Waals surface area contributed by atoms with Gasteiger partial charge in [-0.3, -0.25) is 4.79 Å². The van der Waals surface area contributed by atoms with Crippen molar-refractivity contribution in [3.63, 3.8) is 0 Å². The lowest BCUT2D eigenvalue weighted by molar-refractivity contribution is -0.613. The van der Waals surface area contributed by atoms with Crippen molar-refractivity contribution in [2.24, 2.45) is 0 Å². The van der Waals surface area contributed by atoms with Gasteiger partial charge in [0.2, 0.25) is 5.69 Å². The quantitative estimate of drug-likeness (QED) is 0.494. The largest absolute Gasteiger partial charge is 0.618 e. The van der Waals surface area contributed by atoms with Gasteiger partial charge in [0, 0.05) is 22.2 Å². The number of nitrogens with zero attached hydrogens (tertiary/aromatic N) is 1. The highest BCUT2D eigenvalue weighted by atomic mass is 79.9. The average Bonchev–Trinajstić information content (AvgIpc) is 2.35. The van der Waals surface area contributed by atoms with Gasteiger partial charge in [-0.1, -0.05) is 27.5 Å². The molecule has 0 aliphatic carbocycles. The monoisotopic (exact) mass is 325 g/mol. The summed E-state index contributed by atoms with van der Waals surface area (Å²) in [6.07, 6.45) is 1.39. The van der Waals surface area contributed by atoms with Crippen LogP contribution in [0, 0.1) is 5.21 Å². The first kappa shape index (κ1) is 13.1. The molecule has 0 bridgehead atoms. The summed E-state index contributed by atoms with van der Waals surface area (Å²) in [6.45, 7) is 0. The summed E-state index contributed by atoms with van der Waals surface area (Å²) in [5.74, 6) is -0.183. The number of aromatic nitrogens is 1. The Balaban J connectivity index is 2.28. The van der Waals surface area contributed by atoms with E-state index in [-0.39, 0.29) is 12.2 Å². The summed E-state index contributed by atoms with van der Waals surface area (Å²) in [4.78, 5) is 12.1. The number of Topliss-reactive ketones (excluding diaryl/α,β-unsaturated/α-hetero) is 1. The number of pyridine rings is 1. The molecule has 0 aliphatic rings. The summed E-state index contributed by atoms with van der Waals surface area (Å²) in [6, 6.07) is 10.0. The fourth-order valence-electron chi connectivity index (χ4n) is 1.57. The molecule has 0 saturated carbocycles. The third-order valence-corrected chi connectivity index (χ3v) is 3.30. The molecule has 0 aliphatic heterocycles. The third kappa shape index (κ3) is 2.89. The van der Waals surface area contributed by atoms with Crippen LogP contribution in [0.5, 0.6) is 0 Å². The van der Waals surface area contributed by atoms with Gasteiger partial charge in [0.1, 0.15) is 0 Å². The zero-order chi connectivity index (χ0) is 13.1. The Hall–Kier alpha value is -1.39. The standard InChI is InChI=1S/C13H9BrClNO2/c14-9-4-5-12(15)11(7-9)13(17)8-10-3-1-2-6-16(10)18/h1-7H,8H2. The fourth-order valence-corrected chi connectivity index (χ4v) is 2.16. The van der Waals surface area contributed by atoms with Crippen LogP contribution in [0.2, 0.25) is 5.02 Å². The molecule has 2 rings (SSSR count). The van der Waals surface area contributed by atoms with Crippen LogP contribution < -0.4 is 4.73 Å². The Morgan fingerprint density at radius 2 is 2.11 bits per heavy atom. The summed E-state index contributed by atoms with van der Waals surface area (Å²) in [5, 5.41) is 11.8. The third-order valence-electron chi connectivity index (χ3n) is 2.47. The van der Waals surface area contributed by atoms with E-state index in [1.807, 2.05) is 0 Å². The first-order valence-corrected chi connectivity index (χ1v) is 6.40. The Kier molecular flexibility index (Phi) is 3.99. The minimum atomic E-state index is -0.183. The van der Waals surface area contributed by atoms with Gasteiger partial charge in [0.25, 0.3) is 0 Å². The molecule has 0 amide bonds. The van der Waals surface area contributed by atoms with Crippen LogP contribution in [0.3, 0.4) is 0 Å². The van der Waals surface area contributed by atoms with E-state index in [2.05, 4.69) is 15.9 Å². The Bertz CT molecular complexity index is 601. The van der Waals surface area contributed by atoms with E-state index in [0.29, 0.717) is 21.0 Å². The molecule has 5 heteroatoms. The van der Waals surface area contributed by atoms with Crippen molar-refractivity contribution in [2.75, 3.05) is 0 Å². The zero-order valence-electron chi connectivity index (χ0n) is 9.27. The van der Waals surface area contributed by atoms with Crippen molar-refractivity contribution in [3.05, 3.63) is 68.6 Å². The van der Waals surface area contributed by atoms with Crippen LogP contribution in [-0.2, 0) is 6.42 Å². The van der Waals surface area contributed by atoms with E-state index in [4.69, 9.17) is 11.6 Å². The normalized spacial score (nSPS) is 10.3. The van der Waals surface area contributed by atoms with Crippen molar-refractivity contribution in [3.8, 4) is 0 Å². The first-order chi connectivity index (χ1) is 8.58. The van der Waals surface area contributed by atoms with Gasteiger partial charge in [-0.15, -0.1) is 0 Å². The SMILES string of the molecule is O=C(Cc1cccc[n+]1[O-])c1cc(Br)ccc1Cl. The molecule has 0 N–H and O–H groups in total. The number of ketones is 1. The van der Waals surface area contributed by atoms with E-state index >= 15 is 0 Å². The van der Waals surface area contributed by atoms with E-state index in [9.17, 15) is 10.0 Å². The number of carbonyl (C=O) groups is 1. The Labute approximate surface area is 118 Å². The average molecular weight is 327 g/mol. The van der Waals surface area contributed by atoms with Crippen molar-refractivity contribution in [2.45, 2.75) is 6.42 Å². The fraction of sp³-hybridized carbons (Fsp3) is 0.0769. The van der Waals surface area contributed by atoms with Crippen molar-refractivity contribution < 1.29 is 9.52 Å². The topological polar surface area (TPSA) is 44.0 Å². The van der Waals surface area contributed by atoms with Crippen LogP contribution in [0.4, 0.5) is 0 Å². The molecule has 2 aromatic rings. The molecule has 0 fully saturated rings. The molecule has 0 atom stereocenters. The lowest BCUT2D eigenvalue weighted by Gasteiger charge is -2.05. The molecule has 1 heterocycles. The van der Waals surface area contributed by atoms with Gasteiger partial charge in [0.15, 0.2) is 12.0 Å². The van der Waals surface area contributed by atoms with E-state index in [1.54, 1.807) is 36.4 Å². The van der Waals surface area contributed by atoms with E-state index in [1.165, 1.54) is 6.20 Å². The van der Waals surface area contributed by atoms with Gasteiger partial charge in [0.05, 0.1) is 11.4 Å². The predicted octanol–water partition coefficient (Wildman–Crippen LogP) is 3.16. The van der Waals surface area contributed by atoms with Crippen molar-refractivity contribution in [1.82, 2.24) is 0 Å². The molecule has 1 aromatic carbocycles. The Morgan fingerprint density at radius 1 is 1.33 bits per heavy atom. The summed E-state index contributed by atoms with van der Waals surface area (Å²) in [7, 11) is 0. The molecular formula is C13H9BrClNO2. The smallest absolute Gasteiger partial charge is 0.200 e. The maximum absolute atomic E-state index is 12.1. The van der Waals surface area contributed by atoms with Crippen LogP contribution in [-0.4, -0.2) is 5.78 Å². The van der Waals surface area contributed by atoms with Gasteiger partial charge in [-0.05, 0) is 24.3 Å². The minimum Gasteiger partial charge on any atom is -0.618 e. The Morgan fingerprint density at radius 3 is 2.83 bits per heavy atom. The number of rotatable bonds is 3. The maximum atomic E-state index is 12.1. The highest BCUT2D eigenvalue weighted by molar-refractivity contribution is 9.10. The van der Waals surface area contributed by atoms with Gasteiger partial charge >= 0.3 is 0 Å². The second-order valence-corrected chi connectivity index (χ2v) is 5.06. The van der Waals surface area contributed by atoms with Gasteiger partial charge < -0.3 is 5.21 Å². The van der Waals surface area contributed by atoms with Gasteiger partial charge in [-0.2, -0.15) is 4.73 Å². The molecule has 1 aromatic heterocycles. The molecule has 0 unspecified atom stereocenters. The molecule has 0 radical (unpaired) electrons. The summed E-state index contributed by atoms with van der Waals surface area (Å²) in [5.41, 5.74) is 0.813. The predicted molar refractivity (Wildman–Crippen MR) is 72.6 cm³/mol. The summed E-state index contributed by atoms with van der Waals surface area (Å²) >= 11 is 9.26. The van der Waals surface area contributed by atoms with Crippen molar-refractivity contribution >= 4 is 33.3 Å². The van der Waals surface area contributed by atoms with Gasteiger partial charge in [-0.25, -0.2) is 0 Å². The number of hydrogen-bond donors (Lipinski definition) is 0. The number of halogens is 2. The first-order valence-electron chi connectivity index (χ1n) is 5.23. The lowest BCUT2D eigenvalue weighted by Crippen LogP contribution is -2.32. The zero-order valence-corrected chi connectivity index (χ0v) is 11.6. The molecule has 0 spiro atoms. The number of carbonyl (C=O) groups excluding carboxylic acids is 1. The highest BCUT2D eigenvalue weighted by Crippen LogP contribution is 2.22.